The number of fused-ring (bicyclic) bond motifs is 1. The SMILES string of the molecule is CC(C)(C)OC(=O)NC1CCC(Nc2ncc3c(-c4ccnc(NCc5ccccc5)n4)[nH]nc3n2)CC1. The predicted molar refractivity (Wildman–Crippen MR) is 146 cm³/mol. The molecule has 1 fully saturated rings. The molecule has 0 radical (unpaired) electrons. The molecule has 1 aromatic carbocycles. The second-order valence-electron chi connectivity index (χ2n) is 10.5. The highest BCUT2D eigenvalue weighted by molar-refractivity contribution is 5.89. The highest BCUT2D eigenvalue weighted by Gasteiger charge is 2.25. The highest BCUT2D eigenvalue weighted by atomic mass is 16.6. The number of amides is 1. The Hall–Kier alpha value is -4.28. The first-order valence-corrected chi connectivity index (χ1v) is 12.9. The van der Waals surface area contributed by atoms with Crippen molar-refractivity contribution >= 4 is 29.0 Å². The minimum absolute atomic E-state index is 0.111. The Morgan fingerprint density at radius 1 is 1.00 bits per heavy atom. The summed E-state index contributed by atoms with van der Waals surface area (Å²) in [6, 6.07) is 12.3. The Labute approximate surface area is 221 Å². The number of anilines is 2. The van der Waals surface area contributed by atoms with Gasteiger partial charge in [0, 0.05) is 31.0 Å². The molecule has 1 amide bonds. The maximum Gasteiger partial charge on any atom is 0.407 e. The standard InChI is InChI=1S/C27H33N9O2/c1-27(2,3)38-26(37)32-19-11-9-18(10-12-19)31-25-30-16-20-22(35-36-23(20)34-25)21-13-14-28-24(33-21)29-15-17-7-5-4-6-8-17/h4-8,13-14,16,18-19H,9-12,15H2,1-3H3,(H,32,37)(H,28,29,33)(H2,30,31,34,35,36). The zero-order valence-corrected chi connectivity index (χ0v) is 21.9. The predicted octanol–water partition coefficient (Wildman–Crippen LogP) is 4.67. The lowest BCUT2D eigenvalue weighted by molar-refractivity contribution is 0.0492. The number of hydrogen-bond donors (Lipinski definition) is 4. The van der Waals surface area contributed by atoms with Crippen LogP contribution in [-0.2, 0) is 11.3 Å². The van der Waals surface area contributed by atoms with Gasteiger partial charge in [-0.25, -0.2) is 19.7 Å². The van der Waals surface area contributed by atoms with E-state index in [0.29, 0.717) is 29.8 Å². The van der Waals surface area contributed by atoms with E-state index in [1.54, 1.807) is 12.4 Å². The van der Waals surface area contributed by atoms with Gasteiger partial charge in [0.15, 0.2) is 5.65 Å². The molecule has 11 nitrogen and oxygen atoms in total. The van der Waals surface area contributed by atoms with Gasteiger partial charge in [0.05, 0.1) is 16.8 Å². The number of nitrogens with zero attached hydrogens (tertiary/aromatic N) is 5. The normalized spacial score (nSPS) is 17.7. The van der Waals surface area contributed by atoms with Gasteiger partial charge in [0.25, 0.3) is 0 Å². The molecular formula is C27H33N9O2. The molecule has 38 heavy (non-hydrogen) atoms. The van der Waals surface area contributed by atoms with Crippen molar-refractivity contribution in [3.05, 3.63) is 54.4 Å². The van der Waals surface area contributed by atoms with E-state index in [4.69, 9.17) is 4.74 Å². The van der Waals surface area contributed by atoms with Crippen LogP contribution >= 0.6 is 0 Å². The van der Waals surface area contributed by atoms with Crippen molar-refractivity contribution in [2.45, 2.75) is 70.7 Å². The van der Waals surface area contributed by atoms with Crippen molar-refractivity contribution in [1.82, 2.24) is 35.5 Å². The number of rotatable bonds is 7. The molecule has 5 rings (SSSR count). The van der Waals surface area contributed by atoms with Crippen LogP contribution in [0.25, 0.3) is 22.4 Å². The molecule has 1 saturated carbocycles. The molecule has 198 valence electrons. The van der Waals surface area contributed by atoms with Gasteiger partial charge in [-0.15, -0.1) is 0 Å². The lowest BCUT2D eigenvalue weighted by atomic mass is 9.91. The smallest absolute Gasteiger partial charge is 0.407 e. The average molecular weight is 516 g/mol. The maximum atomic E-state index is 12.0. The molecule has 4 aromatic rings. The second-order valence-corrected chi connectivity index (χ2v) is 10.5. The van der Waals surface area contributed by atoms with Crippen molar-refractivity contribution in [1.29, 1.82) is 0 Å². The van der Waals surface area contributed by atoms with Crippen molar-refractivity contribution in [3.63, 3.8) is 0 Å². The minimum atomic E-state index is -0.500. The number of nitrogens with one attached hydrogen (secondary N) is 4. The molecule has 1 aliphatic rings. The van der Waals surface area contributed by atoms with Crippen LogP contribution in [0.15, 0.2) is 48.8 Å². The summed E-state index contributed by atoms with van der Waals surface area (Å²) in [4.78, 5) is 30.2. The largest absolute Gasteiger partial charge is 0.444 e. The number of ether oxygens (including phenoxy) is 1. The van der Waals surface area contributed by atoms with Gasteiger partial charge in [-0.3, -0.25) is 5.10 Å². The number of aromatic amines is 1. The van der Waals surface area contributed by atoms with E-state index in [0.717, 1.165) is 42.3 Å². The van der Waals surface area contributed by atoms with Crippen LogP contribution in [0.1, 0.15) is 52.0 Å². The first kappa shape index (κ1) is 25.4. The van der Waals surface area contributed by atoms with Crippen LogP contribution in [0.5, 0.6) is 0 Å². The summed E-state index contributed by atoms with van der Waals surface area (Å²) < 4.78 is 5.37. The molecule has 0 spiro atoms. The Kier molecular flexibility index (Phi) is 7.34. The third-order valence-electron chi connectivity index (χ3n) is 6.30. The van der Waals surface area contributed by atoms with Crippen molar-refractivity contribution in [2.24, 2.45) is 0 Å². The number of benzene rings is 1. The van der Waals surface area contributed by atoms with E-state index in [1.807, 2.05) is 45.0 Å². The second kappa shape index (κ2) is 11.0. The number of H-pyrrole nitrogens is 1. The molecule has 3 aromatic heterocycles. The van der Waals surface area contributed by atoms with E-state index in [-0.39, 0.29) is 18.2 Å². The molecule has 0 atom stereocenters. The highest BCUT2D eigenvalue weighted by Crippen LogP contribution is 2.26. The first-order valence-electron chi connectivity index (χ1n) is 12.9. The fourth-order valence-corrected chi connectivity index (χ4v) is 4.47. The summed E-state index contributed by atoms with van der Waals surface area (Å²) in [6.45, 7) is 6.22. The number of carbonyl (C=O) groups is 1. The number of hydrogen-bond acceptors (Lipinski definition) is 9. The van der Waals surface area contributed by atoms with E-state index in [2.05, 4.69) is 58.2 Å². The summed E-state index contributed by atoms with van der Waals surface area (Å²) in [5, 5.41) is 17.9. The van der Waals surface area contributed by atoms with Crippen LogP contribution in [-0.4, -0.2) is 53.9 Å². The van der Waals surface area contributed by atoms with Crippen molar-refractivity contribution in [3.8, 4) is 11.4 Å². The van der Waals surface area contributed by atoms with Crippen LogP contribution < -0.4 is 16.0 Å². The van der Waals surface area contributed by atoms with Crippen LogP contribution in [0.2, 0.25) is 0 Å². The molecule has 0 unspecified atom stereocenters. The van der Waals surface area contributed by atoms with Crippen LogP contribution in [0, 0.1) is 0 Å². The van der Waals surface area contributed by atoms with Gasteiger partial charge < -0.3 is 20.7 Å². The Bertz CT molecular complexity index is 1380. The maximum absolute atomic E-state index is 12.0. The monoisotopic (exact) mass is 515 g/mol. The summed E-state index contributed by atoms with van der Waals surface area (Å²) >= 11 is 0. The fraction of sp³-hybridized carbons (Fsp3) is 0.407. The number of alkyl carbamates (subject to hydrolysis) is 1. The Balaban J connectivity index is 1.18. The van der Waals surface area contributed by atoms with Gasteiger partial charge in [0.2, 0.25) is 11.9 Å². The molecule has 0 bridgehead atoms. The summed E-state index contributed by atoms with van der Waals surface area (Å²) in [5.41, 5.74) is 2.66. The molecule has 11 heteroatoms. The topological polar surface area (TPSA) is 143 Å². The average Bonchev–Trinajstić information content (AvgIpc) is 3.32. The lowest BCUT2D eigenvalue weighted by Gasteiger charge is -2.30. The van der Waals surface area contributed by atoms with Gasteiger partial charge in [-0.1, -0.05) is 30.3 Å². The van der Waals surface area contributed by atoms with E-state index in [9.17, 15) is 4.79 Å². The van der Waals surface area contributed by atoms with Gasteiger partial charge in [-0.05, 0) is 58.1 Å². The summed E-state index contributed by atoms with van der Waals surface area (Å²) in [6.07, 6.45) is 6.63. The van der Waals surface area contributed by atoms with Crippen molar-refractivity contribution < 1.29 is 9.53 Å². The van der Waals surface area contributed by atoms with Crippen LogP contribution in [0.3, 0.4) is 0 Å². The van der Waals surface area contributed by atoms with E-state index in [1.165, 1.54) is 0 Å². The minimum Gasteiger partial charge on any atom is -0.444 e. The third-order valence-corrected chi connectivity index (χ3v) is 6.30. The molecule has 1 aliphatic carbocycles. The molecule has 0 aliphatic heterocycles. The third kappa shape index (κ3) is 6.53. The summed E-state index contributed by atoms with van der Waals surface area (Å²) in [7, 11) is 0. The molecular weight excluding hydrogens is 482 g/mol. The van der Waals surface area contributed by atoms with Gasteiger partial charge in [0.1, 0.15) is 5.60 Å². The van der Waals surface area contributed by atoms with Crippen molar-refractivity contribution in [2.75, 3.05) is 10.6 Å². The first-order chi connectivity index (χ1) is 18.3. The molecule has 4 N–H and O–H groups in total. The zero-order chi connectivity index (χ0) is 26.5. The zero-order valence-electron chi connectivity index (χ0n) is 21.9. The van der Waals surface area contributed by atoms with Gasteiger partial charge >= 0.3 is 6.09 Å². The molecule has 0 saturated heterocycles. The fourth-order valence-electron chi connectivity index (χ4n) is 4.47. The van der Waals surface area contributed by atoms with E-state index >= 15 is 0 Å². The van der Waals surface area contributed by atoms with E-state index < -0.39 is 5.60 Å². The number of carbonyl (C=O) groups excluding carboxylic acids is 1. The quantitative estimate of drug-likeness (QED) is 0.276. The number of aromatic nitrogens is 6. The molecule has 3 heterocycles. The lowest BCUT2D eigenvalue weighted by Crippen LogP contribution is -2.42. The Morgan fingerprint density at radius 2 is 1.76 bits per heavy atom. The van der Waals surface area contributed by atoms with Crippen LogP contribution in [0.4, 0.5) is 16.7 Å². The van der Waals surface area contributed by atoms with Gasteiger partial charge in [-0.2, -0.15) is 10.1 Å². The summed E-state index contributed by atoms with van der Waals surface area (Å²) in [5.74, 6) is 1.07. The Morgan fingerprint density at radius 3 is 2.53 bits per heavy atom.